The molecule has 0 radical (unpaired) electrons. The molecule has 0 bridgehead atoms. The van der Waals surface area contributed by atoms with E-state index in [9.17, 15) is 14.7 Å². The first-order valence-corrected chi connectivity index (χ1v) is 16.6. The normalized spacial score (nSPS) is 50.3. The lowest BCUT2D eigenvalue weighted by Gasteiger charge is -2.73. The Morgan fingerprint density at radius 2 is 1.67 bits per heavy atom. The summed E-state index contributed by atoms with van der Waals surface area (Å²) in [5.74, 6) is 2.51. The van der Waals surface area contributed by atoms with Crippen molar-refractivity contribution in [3.8, 4) is 0 Å². The van der Waals surface area contributed by atoms with Gasteiger partial charge in [-0.2, -0.15) is 4.79 Å². The van der Waals surface area contributed by atoms with Crippen molar-refractivity contribution in [2.45, 2.75) is 119 Å². The molecule has 1 heterocycles. The molecule has 6 aliphatic rings. The number of ether oxygens (including phenoxy) is 1. The molecule has 2 unspecified atom stereocenters. The molecule has 232 valence electrons. The molecule has 0 saturated heterocycles. The Kier molecular flexibility index (Phi) is 6.78. The molecule has 5 fully saturated rings. The van der Waals surface area contributed by atoms with Crippen LogP contribution < -0.4 is 0 Å². The number of esters is 1. The topological polar surface area (TPSA) is 88.3 Å². The highest BCUT2D eigenvalue weighted by atomic mass is 16.5. The molecule has 7 heteroatoms. The Morgan fingerprint density at radius 1 is 0.929 bits per heavy atom. The zero-order valence-electron chi connectivity index (χ0n) is 27.1. The van der Waals surface area contributed by atoms with Crippen molar-refractivity contribution in [3.63, 3.8) is 0 Å². The smallest absolute Gasteiger partial charge is 0.465 e. The van der Waals surface area contributed by atoms with Gasteiger partial charge in [-0.15, -0.1) is 5.11 Å². The Hall–Kier alpha value is -2.02. The van der Waals surface area contributed by atoms with Gasteiger partial charge in [0.25, 0.3) is 0 Å². The zero-order valence-corrected chi connectivity index (χ0v) is 27.1. The first kappa shape index (κ1) is 30.0. The van der Waals surface area contributed by atoms with Crippen molar-refractivity contribution >= 4 is 12.1 Å². The van der Waals surface area contributed by atoms with E-state index in [1.165, 1.54) is 37.7 Å². The van der Waals surface area contributed by atoms with Gasteiger partial charge in [0.15, 0.2) is 6.20 Å². The van der Waals surface area contributed by atoms with Crippen molar-refractivity contribution in [1.29, 1.82) is 0 Å². The van der Waals surface area contributed by atoms with Crippen LogP contribution >= 0.6 is 0 Å². The molecular weight excluding hydrogens is 526 g/mol. The summed E-state index contributed by atoms with van der Waals surface area (Å²) in [7, 11) is 0. The molecule has 0 aromatic rings. The van der Waals surface area contributed by atoms with Gasteiger partial charge < -0.3 is 9.84 Å². The summed E-state index contributed by atoms with van der Waals surface area (Å²) < 4.78 is 5.41. The summed E-state index contributed by atoms with van der Waals surface area (Å²) in [4.78, 5) is 24.6. The third kappa shape index (κ3) is 3.73. The average Bonchev–Trinajstić information content (AvgIpc) is 3.54. The van der Waals surface area contributed by atoms with Gasteiger partial charge in [0.05, 0.1) is 6.61 Å². The highest BCUT2D eigenvalue weighted by molar-refractivity contribution is 5.66. The van der Waals surface area contributed by atoms with Gasteiger partial charge in [-0.25, -0.2) is 0 Å². The number of nitrogens with zero attached hydrogens (tertiary/aromatic N) is 3. The standard InChI is InChI=1S/C35H53N3O4/c1-22(2)24-11-16-35(21-42-23(3)39)18-17-33(7)25(29(24)35)9-10-27-32(6)14-13-28(38(30(40)41)20-19-36-37-38)31(4,5)26(32)12-15-34(27,33)8/h19-20,24-29H,1,9-18,21H2,2-8H3/p+1/t24-,25+,26-,27?,28-,29+,32-,33+,34+,35+,38?/m0/s1. The van der Waals surface area contributed by atoms with Crippen molar-refractivity contribution in [3.05, 3.63) is 24.6 Å². The molecule has 42 heavy (non-hydrogen) atoms. The number of allylic oxidation sites excluding steroid dienone is 1. The lowest BCUT2D eigenvalue weighted by molar-refractivity contribution is -0.852. The van der Waals surface area contributed by atoms with Crippen LogP contribution in [0, 0.1) is 56.7 Å². The summed E-state index contributed by atoms with van der Waals surface area (Å²) >= 11 is 0. The summed E-state index contributed by atoms with van der Waals surface area (Å²) in [5, 5.41) is 18.7. The monoisotopic (exact) mass is 580 g/mol. The van der Waals surface area contributed by atoms with Gasteiger partial charge in [-0.3, -0.25) is 4.79 Å². The van der Waals surface area contributed by atoms with Crippen LogP contribution in [-0.4, -0.2) is 34.4 Å². The van der Waals surface area contributed by atoms with Crippen LogP contribution in [0.3, 0.4) is 0 Å². The van der Waals surface area contributed by atoms with Gasteiger partial charge in [-0.05, 0) is 115 Å². The molecule has 1 amide bonds. The number of fused-ring (bicyclic) bond motifs is 7. The van der Waals surface area contributed by atoms with Crippen LogP contribution in [0.5, 0.6) is 0 Å². The van der Waals surface area contributed by atoms with E-state index in [1.807, 2.05) is 0 Å². The fourth-order valence-electron chi connectivity index (χ4n) is 13.2. The van der Waals surface area contributed by atoms with Crippen LogP contribution in [-0.2, 0) is 9.53 Å². The Morgan fingerprint density at radius 3 is 2.29 bits per heavy atom. The minimum Gasteiger partial charge on any atom is -0.465 e. The van der Waals surface area contributed by atoms with Crippen LogP contribution in [0.15, 0.2) is 34.9 Å². The first-order valence-electron chi connectivity index (χ1n) is 16.6. The molecular formula is C35H54N3O4+. The fraction of sp³-hybridized carbons (Fsp3) is 0.829. The van der Waals surface area contributed by atoms with E-state index >= 15 is 0 Å². The van der Waals surface area contributed by atoms with E-state index in [1.54, 1.807) is 19.3 Å². The van der Waals surface area contributed by atoms with Gasteiger partial charge >= 0.3 is 12.1 Å². The minimum absolute atomic E-state index is 0.0796. The maximum absolute atomic E-state index is 12.6. The second-order valence-corrected chi connectivity index (χ2v) is 16.7. The Bertz CT molecular complexity index is 1230. The summed E-state index contributed by atoms with van der Waals surface area (Å²) in [6, 6.07) is -0.127. The number of carbonyl (C=O) groups excluding carboxylic acids is 1. The molecule has 7 nitrogen and oxygen atoms in total. The molecule has 1 aliphatic heterocycles. The van der Waals surface area contributed by atoms with Crippen molar-refractivity contribution in [1.82, 2.24) is 0 Å². The highest BCUT2D eigenvalue weighted by Crippen LogP contribution is 2.77. The van der Waals surface area contributed by atoms with Gasteiger partial charge in [0, 0.05) is 29.4 Å². The van der Waals surface area contributed by atoms with Gasteiger partial charge in [0.2, 0.25) is 0 Å². The highest BCUT2D eigenvalue weighted by Gasteiger charge is 2.72. The number of rotatable bonds is 4. The van der Waals surface area contributed by atoms with E-state index in [2.05, 4.69) is 58.5 Å². The second kappa shape index (κ2) is 9.49. The lowest BCUT2D eigenvalue weighted by Crippen LogP contribution is -2.69. The maximum atomic E-state index is 12.6. The third-order valence-electron chi connectivity index (χ3n) is 15.1. The second-order valence-electron chi connectivity index (χ2n) is 16.7. The molecule has 11 atom stereocenters. The molecule has 5 saturated carbocycles. The number of carboxylic acid groups (broad SMARTS) is 1. The van der Waals surface area contributed by atoms with Crippen LogP contribution in [0.25, 0.3) is 0 Å². The summed E-state index contributed by atoms with van der Waals surface area (Å²) in [6.07, 6.45) is 13.6. The van der Waals surface area contributed by atoms with E-state index < -0.39 is 10.7 Å². The van der Waals surface area contributed by atoms with E-state index in [4.69, 9.17) is 4.74 Å². The van der Waals surface area contributed by atoms with Crippen molar-refractivity contribution in [2.75, 3.05) is 6.61 Å². The number of hydrogen-bond donors (Lipinski definition) is 1. The number of amides is 1. The summed E-state index contributed by atoms with van der Waals surface area (Å²) in [6.45, 7) is 21.3. The van der Waals surface area contributed by atoms with Gasteiger partial charge in [0.1, 0.15) is 12.2 Å². The van der Waals surface area contributed by atoms with Crippen molar-refractivity contribution in [2.24, 2.45) is 67.0 Å². The molecule has 0 aromatic heterocycles. The quantitative estimate of drug-likeness (QED) is 0.204. The Labute approximate surface area is 252 Å². The average molecular weight is 581 g/mol. The largest absolute Gasteiger partial charge is 0.547 e. The zero-order chi connectivity index (χ0) is 30.5. The van der Waals surface area contributed by atoms with E-state index in [0.717, 1.165) is 32.1 Å². The molecule has 0 aromatic carbocycles. The molecule has 6 rings (SSSR count). The fourth-order valence-corrected chi connectivity index (χ4v) is 13.2. The SMILES string of the molecule is C=C(C)[C@@H]1CC[C@]2(COC(C)=O)CC[C@]3(C)[C@H](CCC4[C@@]5(C)CC[C@H]([N+]6(C(=O)O)C=CN=N6)C(C)(C)[C@@H]5CC[C@]43C)[C@@H]12. The molecule has 1 N–H and O–H groups in total. The lowest BCUT2D eigenvalue weighted by atomic mass is 9.32. The number of hydrogen-bond acceptors (Lipinski definition) is 5. The van der Waals surface area contributed by atoms with Crippen LogP contribution in [0.2, 0.25) is 0 Å². The predicted molar refractivity (Wildman–Crippen MR) is 162 cm³/mol. The predicted octanol–water partition coefficient (Wildman–Crippen LogP) is 8.92. The van der Waals surface area contributed by atoms with Crippen LogP contribution in [0.4, 0.5) is 4.79 Å². The van der Waals surface area contributed by atoms with Gasteiger partial charge in [-0.1, -0.05) is 46.8 Å². The Balaban J connectivity index is 1.35. The van der Waals surface area contributed by atoms with E-state index in [-0.39, 0.29) is 39.1 Å². The number of carbonyl (C=O) groups is 2. The third-order valence-corrected chi connectivity index (χ3v) is 15.1. The maximum Gasteiger partial charge on any atom is 0.547 e. The van der Waals surface area contributed by atoms with E-state index in [0.29, 0.717) is 36.2 Å². The van der Waals surface area contributed by atoms with Crippen LogP contribution in [0.1, 0.15) is 113 Å². The van der Waals surface area contributed by atoms with Crippen molar-refractivity contribution < 1.29 is 24.0 Å². The molecule has 5 aliphatic carbocycles. The minimum atomic E-state index is -0.925. The first-order chi connectivity index (χ1) is 19.6. The molecule has 0 spiro atoms. The summed E-state index contributed by atoms with van der Waals surface area (Å²) in [5.41, 5.74) is 1.78. The number of quaternary nitrogens is 1.